The van der Waals surface area contributed by atoms with Crippen LogP contribution in [0.1, 0.15) is 12.0 Å². The average Bonchev–Trinajstić information content (AvgIpc) is 2.29. The molecule has 0 bridgehead atoms. The highest BCUT2D eigenvalue weighted by atomic mass is 35.5. The van der Waals surface area contributed by atoms with Gasteiger partial charge in [0.25, 0.3) is 0 Å². The van der Waals surface area contributed by atoms with Crippen molar-refractivity contribution in [2.45, 2.75) is 13.0 Å². The van der Waals surface area contributed by atoms with Gasteiger partial charge in [0.05, 0.1) is 6.61 Å². The lowest BCUT2D eigenvalue weighted by Gasteiger charge is -2.05. The molecule has 1 heterocycles. The molecule has 0 amide bonds. The molecule has 0 saturated heterocycles. The van der Waals surface area contributed by atoms with Gasteiger partial charge in [-0.2, -0.15) is 0 Å². The molecule has 0 aliphatic heterocycles. The third-order valence-electron chi connectivity index (χ3n) is 2.05. The van der Waals surface area contributed by atoms with Gasteiger partial charge in [-0.05, 0) is 31.1 Å². The summed E-state index contributed by atoms with van der Waals surface area (Å²) in [7, 11) is 0. The van der Waals surface area contributed by atoms with Crippen LogP contribution in [-0.2, 0) is 6.54 Å². The fraction of sp³-hybridized carbons (Fsp3) is 0.545. The first kappa shape index (κ1) is 19.0. The Kier molecular flexibility index (Phi) is 15.3. The van der Waals surface area contributed by atoms with Gasteiger partial charge in [0.2, 0.25) is 0 Å². The van der Waals surface area contributed by atoms with Crippen LogP contribution in [0.25, 0.3) is 0 Å². The van der Waals surface area contributed by atoms with Crippen LogP contribution in [0.2, 0.25) is 0 Å². The molecule has 0 radical (unpaired) electrons. The number of pyridine rings is 1. The number of aromatic nitrogens is 1. The highest BCUT2D eigenvalue weighted by Gasteiger charge is 1.91. The molecule has 100 valence electrons. The standard InChI is InChI=1S/C11H19N3O.2ClH/c15-8-7-12-5-2-6-14-10-11-3-1-4-13-9-11;;/h1,3-4,9,12,14-15H,2,5-8,10H2;2*1H. The predicted molar refractivity (Wildman–Crippen MR) is 75.0 cm³/mol. The minimum absolute atomic E-state index is 0. The van der Waals surface area contributed by atoms with Crippen molar-refractivity contribution in [2.75, 3.05) is 26.2 Å². The lowest BCUT2D eigenvalue weighted by Crippen LogP contribution is -2.23. The van der Waals surface area contributed by atoms with Crippen LogP contribution >= 0.6 is 24.8 Å². The van der Waals surface area contributed by atoms with Crippen molar-refractivity contribution in [1.82, 2.24) is 15.6 Å². The zero-order valence-corrected chi connectivity index (χ0v) is 11.4. The maximum atomic E-state index is 8.53. The van der Waals surface area contributed by atoms with Crippen LogP contribution in [0, 0.1) is 0 Å². The first-order valence-electron chi connectivity index (χ1n) is 5.34. The maximum absolute atomic E-state index is 8.53. The summed E-state index contributed by atoms with van der Waals surface area (Å²) >= 11 is 0. The summed E-state index contributed by atoms with van der Waals surface area (Å²) < 4.78 is 0. The molecule has 0 aliphatic carbocycles. The molecular weight excluding hydrogens is 261 g/mol. The van der Waals surface area contributed by atoms with Crippen molar-refractivity contribution >= 4 is 24.8 Å². The lowest BCUT2D eigenvalue weighted by molar-refractivity contribution is 0.292. The van der Waals surface area contributed by atoms with Crippen molar-refractivity contribution in [3.05, 3.63) is 30.1 Å². The van der Waals surface area contributed by atoms with E-state index in [0.717, 1.165) is 26.1 Å². The number of hydrogen-bond donors (Lipinski definition) is 3. The Labute approximate surface area is 115 Å². The van der Waals surface area contributed by atoms with Gasteiger partial charge >= 0.3 is 0 Å². The molecule has 0 atom stereocenters. The number of aliphatic hydroxyl groups excluding tert-OH is 1. The van der Waals surface area contributed by atoms with Gasteiger partial charge in [0, 0.05) is 25.5 Å². The number of rotatable bonds is 8. The molecule has 4 nitrogen and oxygen atoms in total. The first-order chi connectivity index (χ1) is 7.43. The second-order valence-electron chi connectivity index (χ2n) is 3.37. The molecular formula is C11H21Cl2N3O. The van der Waals surface area contributed by atoms with Gasteiger partial charge in [0.1, 0.15) is 0 Å². The second kappa shape index (κ2) is 13.7. The van der Waals surface area contributed by atoms with E-state index in [1.165, 1.54) is 5.56 Å². The van der Waals surface area contributed by atoms with Gasteiger partial charge in [-0.15, -0.1) is 24.8 Å². The van der Waals surface area contributed by atoms with Crippen LogP contribution in [0.3, 0.4) is 0 Å². The van der Waals surface area contributed by atoms with E-state index in [1.54, 1.807) is 6.20 Å². The van der Waals surface area contributed by atoms with E-state index in [-0.39, 0.29) is 31.4 Å². The van der Waals surface area contributed by atoms with Crippen molar-refractivity contribution in [3.63, 3.8) is 0 Å². The van der Waals surface area contributed by atoms with Crippen LogP contribution in [0.15, 0.2) is 24.5 Å². The summed E-state index contributed by atoms with van der Waals surface area (Å²) in [5.74, 6) is 0. The summed E-state index contributed by atoms with van der Waals surface area (Å²) in [4.78, 5) is 4.04. The fourth-order valence-corrected chi connectivity index (χ4v) is 1.28. The summed E-state index contributed by atoms with van der Waals surface area (Å²) in [6, 6.07) is 4.00. The Hall–Kier alpha value is -0.390. The normalized spacial score (nSPS) is 9.24. The number of hydrogen-bond acceptors (Lipinski definition) is 4. The molecule has 17 heavy (non-hydrogen) atoms. The van der Waals surface area contributed by atoms with E-state index in [9.17, 15) is 0 Å². The SMILES string of the molecule is Cl.Cl.OCCNCCCNCc1cccnc1. The molecule has 6 heteroatoms. The average molecular weight is 282 g/mol. The minimum atomic E-state index is 0. The number of halogens is 2. The fourth-order valence-electron chi connectivity index (χ4n) is 1.28. The van der Waals surface area contributed by atoms with E-state index in [2.05, 4.69) is 21.7 Å². The van der Waals surface area contributed by atoms with Crippen molar-refractivity contribution in [2.24, 2.45) is 0 Å². The zero-order valence-electron chi connectivity index (χ0n) is 9.76. The Morgan fingerprint density at radius 2 is 1.88 bits per heavy atom. The van der Waals surface area contributed by atoms with Crippen LogP contribution in [0.4, 0.5) is 0 Å². The smallest absolute Gasteiger partial charge is 0.0555 e. The lowest BCUT2D eigenvalue weighted by atomic mass is 10.3. The first-order valence-corrected chi connectivity index (χ1v) is 5.34. The third kappa shape index (κ3) is 10.5. The van der Waals surface area contributed by atoms with Gasteiger partial charge < -0.3 is 15.7 Å². The molecule has 3 N–H and O–H groups in total. The highest BCUT2D eigenvalue weighted by molar-refractivity contribution is 5.85. The number of aliphatic hydroxyl groups is 1. The Morgan fingerprint density at radius 3 is 2.53 bits per heavy atom. The zero-order chi connectivity index (χ0) is 10.8. The molecule has 0 aliphatic rings. The number of nitrogens with zero attached hydrogens (tertiary/aromatic N) is 1. The monoisotopic (exact) mass is 281 g/mol. The largest absolute Gasteiger partial charge is 0.395 e. The summed E-state index contributed by atoms with van der Waals surface area (Å²) in [6.45, 7) is 3.69. The molecule has 1 aromatic heterocycles. The molecule has 1 aromatic rings. The Morgan fingerprint density at radius 1 is 1.12 bits per heavy atom. The summed E-state index contributed by atoms with van der Waals surface area (Å²) in [5.41, 5.74) is 1.21. The third-order valence-corrected chi connectivity index (χ3v) is 2.05. The summed E-state index contributed by atoms with van der Waals surface area (Å²) in [5, 5.41) is 15.0. The summed E-state index contributed by atoms with van der Waals surface area (Å²) in [6.07, 6.45) is 4.72. The molecule has 0 fully saturated rings. The predicted octanol–water partition coefficient (Wildman–Crippen LogP) is 0.987. The van der Waals surface area contributed by atoms with Gasteiger partial charge in [-0.25, -0.2) is 0 Å². The number of nitrogens with one attached hydrogen (secondary N) is 2. The minimum Gasteiger partial charge on any atom is -0.395 e. The van der Waals surface area contributed by atoms with E-state index in [0.29, 0.717) is 6.54 Å². The van der Waals surface area contributed by atoms with E-state index < -0.39 is 0 Å². The van der Waals surface area contributed by atoms with Crippen LogP contribution in [-0.4, -0.2) is 36.3 Å². The Bertz CT molecular complexity index is 250. The van der Waals surface area contributed by atoms with Gasteiger partial charge in [-0.1, -0.05) is 6.07 Å². The van der Waals surface area contributed by atoms with Crippen LogP contribution < -0.4 is 10.6 Å². The van der Waals surface area contributed by atoms with E-state index in [1.807, 2.05) is 12.3 Å². The topological polar surface area (TPSA) is 57.2 Å². The van der Waals surface area contributed by atoms with Crippen molar-refractivity contribution in [3.8, 4) is 0 Å². The van der Waals surface area contributed by atoms with Gasteiger partial charge in [0.15, 0.2) is 0 Å². The molecule has 0 spiro atoms. The quantitative estimate of drug-likeness (QED) is 0.622. The molecule has 1 rings (SSSR count). The molecule has 0 aromatic carbocycles. The Balaban J connectivity index is 0. The second-order valence-corrected chi connectivity index (χ2v) is 3.37. The van der Waals surface area contributed by atoms with E-state index >= 15 is 0 Å². The van der Waals surface area contributed by atoms with Crippen LogP contribution in [0.5, 0.6) is 0 Å². The highest BCUT2D eigenvalue weighted by Crippen LogP contribution is 1.93. The molecule has 0 unspecified atom stereocenters. The van der Waals surface area contributed by atoms with Crippen molar-refractivity contribution in [1.29, 1.82) is 0 Å². The maximum Gasteiger partial charge on any atom is 0.0555 e. The molecule has 0 saturated carbocycles. The van der Waals surface area contributed by atoms with Gasteiger partial charge in [-0.3, -0.25) is 4.98 Å². The van der Waals surface area contributed by atoms with E-state index in [4.69, 9.17) is 5.11 Å². The van der Waals surface area contributed by atoms with Crippen molar-refractivity contribution < 1.29 is 5.11 Å².